The number of hydrogen-bond donors (Lipinski definition) is 0. The Kier molecular flexibility index (Phi) is 12.1. The van der Waals surface area contributed by atoms with Gasteiger partial charge in [0.1, 0.15) is 0 Å². The molecule has 28 heavy (non-hydrogen) atoms. The minimum Gasteiger partial charge on any atom is -0.256 e. The van der Waals surface area contributed by atoms with E-state index in [4.69, 9.17) is 9.98 Å². The summed E-state index contributed by atoms with van der Waals surface area (Å²) in [5.74, 6) is 0. The van der Waals surface area contributed by atoms with Crippen molar-refractivity contribution in [1.29, 1.82) is 0 Å². The van der Waals surface area contributed by atoms with Crippen molar-refractivity contribution in [3.8, 4) is 0 Å². The van der Waals surface area contributed by atoms with Gasteiger partial charge in [-0.2, -0.15) is 0 Å². The van der Waals surface area contributed by atoms with Crippen molar-refractivity contribution in [2.24, 2.45) is 9.98 Å². The summed E-state index contributed by atoms with van der Waals surface area (Å²) >= 11 is 0. The fraction of sp³-hybridized carbons (Fsp3) is 0.538. The van der Waals surface area contributed by atoms with E-state index in [1.807, 2.05) is 50.6 Å². The maximum absolute atomic E-state index is 4.96. The van der Waals surface area contributed by atoms with Crippen molar-refractivity contribution in [2.75, 3.05) is 0 Å². The Morgan fingerprint density at radius 2 is 0.893 bits per heavy atom. The minimum atomic E-state index is 1.02. The van der Waals surface area contributed by atoms with Crippen molar-refractivity contribution >= 4 is 23.8 Å². The van der Waals surface area contributed by atoms with Crippen LogP contribution in [0.2, 0.25) is 0 Å². The fourth-order valence-electron chi connectivity index (χ4n) is 3.74. The van der Waals surface area contributed by atoms with E-state index in [1.54, 1.807) is 0 Å². The summed E-state index contributed by atoms with van der Waals surface area (Å²) in [7, 11) is 0. The topological polar surface area (TPSA) is 24.7 Å². The monoisotopic (exact) mass is 380 g/mol. The Labute approximate surface area is 173 Å². The van der Waals surface area contributed by atoms with Gasteiger partial charge in [-0.15, -0.1) is 0 Å². The highest BCUT2D eigenvalue weighted by Crippen LogP contribution is 2.42. The standard InChI is InChI=1S/C26H40N2/c1-7-13-19-27-25-22(16-10-4)21(15-9-3)23(17-11-5)26(24(25)18-12-6)28-20-14-8-2/h7-8,13-14,19-20H,9-12,15-18H2,1-6H3. The molecule has 0 spiro atoms. The normalized spacial score (nSPS) is 12.5. The molecule has 2 heteroatoms. The van der Waals surface area contributed by atoms with E-state index in [1.165, 1.54) is 33.6 Å². The van der Waals surface area contributed by atoms with Crippen LogP contribution in [0.25, 0.3) is 0 Å². The van der Waals surface area contributed by atoms with Gasteiger partial charge in [0.2, 0.25) is 0 Å². The second-order valence-corrected chi connectivity index (χ2v) is 7.22. The third-order valence-electron chi connectivity index (χ3n) is 4.84. The van der Waals surface area contributed by atoms with Crippen LogP contribution in [0.3, 0.4) is 0 Å². The lowest BCUT2D eigenvalue weighted by molar-refractivity contribution is 0.816. The molecule has 1 rings (SSSR count). The summed E-state index contributed by atoms with van der Waals surface area (Å²) in [6.07, 6.45) is 20.8. The Morgan fingerprint density at radius 3 is 1.25 bits per heavy atom. The lowest BCUT2D eigenvalue weighted by Crippen LogP contribution is -2.06. The van der Waals surface area contributed by atoms with Crippen molar-refractivity contribution < 1.29 is 0 Å². The molecule has 0 bridgehead atoms. The largest absolute Gasteiger partial charge is 0.256 e. The zero-order valence-electron chi connectivity index (χ0n) is 19.0. The second kappa shape index (κ2) is 14.1. The Balaban J connectivity index is 3.95. The molecule has 0 N–H and O–H groups in total. The molecule has 0 radical (unpaired) electrons. The first kappa shape index (κ1) is 24.1. The van der Waals surface area contributed by atoms with Gasteiger partial charge in [0.15, 0.2) is 0 Å². The maximum atomic E-state index is 4.96. The summed E-state index contributed by atoms with van der Waals surface area (Å²) < 4.78 is 0. The first-order chi connectivity index (χ1) is 13.7. The first-order valence-electron chi connectivity index (χ1n) is 11.2. The molecule has 154 valence electrons. The van der Waals surface area contributed by atoms with Crippen LogP contribution in [0.5, 0.6) is 0 Å². The Bertz CT molecular complexity index is 653. The van der Waals surface area contributed by atoms with Crippen molar-refractivity contribution in [3.63, 3.8) is 0 Å². The number of aliphatic imine (C=N–C) groups is 2. The number of rotatable bonds is 12. The summed E-state index contributed by atoms with van der Waals surface area (Å²) in [6.45, 7) is 13.1. The number of hydrogen-bond acceptors (Lipinski definition) is 2. The van der Waals surface area contributed by atoms with E-state index in [9.17, 15) is 0 Å². The zero-order valence-corrected chi connectivity index (χ0v) is 19.0. The first-order valence-corrected chi connectivity index (χ1v) is 11.2. The van der Waals surface area contributed by atoms with Crippen molar-refractivity contribution in [1.82, 2.24) is 0 Å². The molecule has 2 nitrogen and oxygen atoms in total. The summed E-state index contributed by atoms with van der Waals surface area (Å²) in [6, 6.07) is 0. The highest BCUT2D eigenvalue weighted by molar-refractivity contribution is 5.82. The predicted molar refractivity (Wildman–Crippen MR) is 128 cm³/mol. The number of benzene rings is 1. The van der Waals surface area contributed by atoms with Crippen molar-refractivity contribution in [3.05, 3.63) is 46.6 Å². The number of allylic oxidation sites excluding steroid dienone is 4. The molecule has 0 heterocycles. The molecule has 0 saturated carbocycles. The molecule has 0 amide bonds. The fourth-order valence-corrected chi connectivity index (χ4v) is 3.74. The molecule has 0 unspecified atom stereocenters. The van der Waals surface area contributed by atoms with Crippen LogP contribution in [0.1, 0.15) is 89.5 Å². The van der Waals surface area contributed by atoms with Gasteiger partial charge < -0.3 is 0 Å². The summed E-state index contributed by atoms with van der Waals surface area (Å²) in [5, 5.41) is 0. The Hall–Kier alpha value is -1.96. The minimum absolute atomic E-state index is 1.02. The van der Waals surface area contributed by atoms with Gasteiger partial charge in [0, 0.05) is 18.0 Å². The maximum Gasteiger partial charge on any atom is 0.0718 e. The summed E-state index contributed by atoms with van der Waals surface area (Å²) in [4.78, 5) is 9.92. The smallest absolute Gasteiger partial charge is 0.0718 e. The van der Waals surface area contributed by atoms with Crippen LogP contribution in [0.4, 0.5) is 11.4 Å². The predicted octanol–water partition coefficient (Wildman–Crippen LogP) is 8.05. The molecular weight excluding hydrogens is 340 g/mol. The molecule has 0 aromatic heterocycles. The lowest BCUT2D eigenvalue weighted by Gasteiger charge is -2.23. The molecule has 0 aliphatic rings. The van der Waals surface area contributed by atoms with Gasteiger partial charge in [0.05, 0.1) is 11.4 Å². The van der Waals surface area contributed by atoms with Crippen LogP contribution in [0, 0.1) is 0 Å². The van der Waals surface area contributed by atoms with E-state index < -0.39 is 0 Å². The highest BCUT2D eigenvalue weighted by atomic mass is 14.8. The van der Waals surface area contributed by atoms with Gasteiger partial charge in [-0.25, -0.2) is 0 Å². The third kappa shape index (κ3) is 6.58. The SMILES string of the molecule is CC=CC=Nc1c(CCC)c(CCC)c(CCC)c(N=CC=CC)c1CCC. The van der Waals surface area contributed by atoms with Crippen LogP contribution >= 0.6 is 0 Å². The van der Waals surface area contributed by atoms with Gasteiger partial charge in [0.25, 0.3) is 0 Å². The molecule has 1 aromatic carbocycles. The highest BCUT2D eigenvalue weighted by Gasteiger charge is 2.21. The molecule has 1 aromatic rings. The van der Waals surface area contributed by atoms with Crippen LogP contribution in [-0.4, -0.2) is 12.4 Å². The van der Waals surface area contributed by atoms with E-state index in [-0.39, 0.29) is 0 Å². The van der Waals surface area contributed by atoms with E-state index in [0.29, 0.717) is 0 Å². The van der Waals surface area contributed by atoms with E-state index in [2.05, 4.69) is 27.7 Å². The average Bonchev–Trinajstić information content (AvgIpc) is 2.69. The molecule has 0 atom stereocenters. The van der Waals surface area contributed by atoms with Gasteiger partial charge in [-0.05, 0) is 68.4 Å². The van der Waals surface area contributed by atoms with Crippen LogP contribution < -0.4 is 0 Å². The third-order valence-corrected chi connectivity index (χ3v) is 4.84. The molecule has 0 aliphatic heterocycles. The lowest BCUT2D eigenvalue weighted by atomic mass is 9.85. The number of nitrogens with zero attached hydrogens (tertiary/aromatic N) is 2. The van der Waals surface area contributed by atoms with Crippen LogP contribution in [0.15, 0.2) is 34.3 Å². The average molecular weight is 381 g/mol. The van der Waals surface area contributed by atoms with E-state index in [0.717, 1.165) is 51.4 Å². The molecular formula is C26H40N2. The van der Waals surface area contributed by atoms with Crippen molar-refractivity contribution in [2.45, 2.75) is 92.9 Å². The van der Waals surface area contributed by atoms with E-state index >= 15 is 0 Å². The molecule has 0 fully saturated rings. The van der Waals surface area contributed by atoms with Crippen LogP contribution in [-0.2, 0) is 25.7 Å². The quantitative estimate of drug-likeness (QED) is 0.328. The van der Waals surface area contributed by atoms with Gasteiger partial charge in [-0.1, -0.05) is 65.5 Å². The summed E-state index contributed by atoms with van der Waals surface area (Å²) in [5.41, 5.74) is 8.11. The van der Waals surface area contributed by atoms with Gasteiger partial charge >= 0.3 is 0 Å². The Morgan fingerprint density at radius 1 is 0.536 bits per heavy atom. The second-order valence-electron chi connectivity index (χ2n) is 7.22. The molecule has 0 saturated heterocycles. The zero-order chi connectivity index (χ0) is 20.8. The van der Waals surface area contributed by atoms with Gasteiger partial charge in [-0.3, -0.25) is 9.98 Å². The molecule has 0 aliphatic carbocycles.